The summed E-state index contributed by atoms with van der Waals surface area (Å²) in [5.41, 5.74) is -0.0458. The van der Waals surface area contributed by atoms with Crippen LogP contribution in [0.1, 0.15) is 11.3 Å². The molecule has 0 amide bonds. The summed E-state index contributed by atoms with van der Waals surface area (Å²) in [6.45, 7) is 1.63. The molecule has 0 aromatic carbocycles. The first kappa shape index (κ1) is 12.8. The summed E-state index contributed by atoms with van der Waals surface area (Å²) in [4.78, 5) is 13.7. The Morgan fingerprint density at radius 1 is 1.50 bits per heavy atom. The summed E-state index contributed by atoms with van der Waals surface area (Å²) < 4.78 is 25.5. The maximum atomic E-state index is 12.8. The van der Waals surface area contributed by atoms with E-state index in [0.717, 1.165) is 12.3 Å². The fourth-order valence-electron chi connectivity index (χ4n) is 0.777. The molecule has 0 spiro atoms. The van der Waals surface area contributed by atoms with Gasteiger partial charge in [0.15, 0.2) is 0 Å². The average Bonchev–Trinajstić information content (AvgIpc) is 2.04. The molecule has 1 N–H and O–H groups in total. The summed E-state index contributed by atoms with van der Waals surface area (Å²) in [5, 5.41) is 8.19. The van der Waals surface area contributed by atoms with E-state index in [1.807, 2.05) is 0 Å². The van der Waals surface area contributed by atoms with E-state index in [2.05, 4.69) is 4.98 Å². The molecule has 1 rings (SSSR count). The fraction of sp³-hybridized carbons (Fsp3) is 0.250. The van der Waals surface area contributed by atoms with Crippen LogP contribution in [-0.2, 0) is 10.7 Å². The first-order valence-corrected chi connectivity index (χ1v) is 3.49. The van der Waals surface area contributed by atoms with Crippen molar-refractivity contribution in [2.75, 3.05) is 0 Å². The van der Waals surface area contributed by atoms with Crippen LogP contribution in [-0.4, -0.2) is 16.1 Å². The maximum absolute atomic E-state index is 12.8. The van der Waals surface area contributed by atoms with E-state index in [0.29, 0.717) is 5.69 Å². The minimum atomic E-state index is -3.86. The Hall–Kier alpha value is -1.23. The lowest BCUT2D eigenvalue weighted by Gasteiger charge is -2.10. The highest BCUT2D eigenvalue weighted by Gasteiger charge is 2.41. The summed E-state index contributed by atoms with van der Waals surface area (Å²) in [7, 11) is 0. The fourth-order valence-corrected chi connectivity index (χ4v) is 0.777. The number of hydrogen-bond donors (Lipinski definition) is 1. The Morgan fingerprint density at radius 2 is 2.07 bits per heavy atom. The molecular formula is C8H8ClF2NO2. The molecule has 0 saturated carbocycles. The third-order valence-corrected chi connectivity index (χ3v) is 1.54. The lowest BCUT2D eigenvalue weighted by molar-refractivity contribution is -0.166. The molecule has 0 fully saturated rings. The molecule has 1 heterocycles. The van der Waals surface area contributed by atoms with Gasteiger partial charge < -0.3 is 5.11 Å². The van der Waals surface area contributed by atoms with E-state index in [4.69, 9.17) is 5.11 Å². The van der Waals surface area contributed by atoms with Crippen LogP contribution in [0.4, 0.5) is 8.78 Å². The number of pyridine rings is 1. The number of carboxylic acid groups (broad SMARTS) is 1. The van der Waals surface area contributed by atoms with Gasteiger partial charge in [-0.3, -0.25) is 4.98 Å². The molecule has 0 aliphatic rings. The molecule has 0 saturated heterocycles. The van der Waals surface area contributed by atoms with Crippen LogP contribution in [0.25, 0.3) is 0 Å². The number of rotatable bonds is 2. The topological polar surface area (TPSA) is 50.2 Å². The van der Waals surface area contributed by atoms with E-state index in [1.54, 1.807) is 6.92 Å². The molecule has 0 bridgehead atoms. The minimum Gasteiger partial charge on any atom is -0.477 e. The van der Waals surface area contributed by atoms with Crippen molar-refractivity contribution < 1.29 is 18.7 Å². The van der Waals surface area contributed by atoms with E-state index in [1.165, 1.54) is 6.07 Å². The van der Waals surface area contributed by atoms with Crippen LogP contribution < -0.4 is 0 Å². The van der Waals surface area contributed by atoms with Crippen molar-refractivity contribution in [3.63, 3.8) is 0 Å². The van der Waals surface area contributed by atoms with Crippen molar-refractivity contribution >= 4 is 18.4 Å². The van der Waals surface area contributed by atoms with Crippen LogP contribution in [0, 0.1) is 6.92 Å². The van der Waals surface area contributed by atoms with Crippen LogP contribution in [0.15, 0.2) is 18.3 Å². The number of aliphatic carboxylic acids is 1. The van der Waals surface area contributed by atoms with Crippen LogP contribution >= 0.6 is 12.4 Å². The predicted octanol–water partition coefficient (Wildman–Crippen LogP) is 1.99. The van der Waals surface area contributed by atoms with Gasteiger partial charge in [0.1, 0.15) is 0 Å². The van der Waals surface area contributed by atoms with Crippen molar-refractivity contribution in [2.45, 2.75) is 12.8 Å². The number of hydrogen-bond acceptors (Lipinski definition) is 2. The highest BCUT2D eigenvalue weighted by atomic mass is 35.5. The molecule has 0 radical (unpaired) electrons. The second-order valence-electron chi connectivity index (χ2n) is 2.57. The smallest absolute Gasteiger partial charge is 0.379 e. The van der Waals surface area contributed by atoms with Gasteiger partial charge in [-0.25, -0.2) is 4.79 Å². The SMILES string of the molecule is Cc1ccc(C(F)(F)C(=O)O)cn1.Cl. The first-order valence-electron chi connectivity index (χ1n) is 3.49. The number of aromatic nitrogens is 1. The normalized spacial score (nSPS) is 10.5. The van der Waals surface area contributed by atoms with Crippen LogP contribution in [0.3, 0.4) is 0 Å². The van der Waals surface area contributed by atoms with Gasteiger partial charge in [-0.05, 0) is 19.1 Å². The van der Waals surface area contributed by atoms with E-state index in [-0.39, 0.29) is 12.4 Å². The Bertz CT molecular complexity index is 327. The van der Waals surface area contributed by atoms with Gasteiger partial charge in [-0.15, -0.1) is 12.4 Å². The predicted molar refractivity (Wildman–Crippen MR) is 47.8 cm³/mol. The molecule has 0 aliphatic carbocycles. The average molecular weight is 224 g/mol. The zero-order valence-corrected chi connectivity index (χ0v) is 8.02. The van der Waals surface area contributed by atoms with E-state index >= 15 is 0 Å². The first-order chi connectivity index (χ1) is 5.94. The van der Waals surface area contributed by atoms with Crippen molar-refractivity contribution in [3.05, 3.63) is 29.6 Å². The van der Waals surface area contributed by atoms with Gasteiger partial charge >= 0.3 is 11.9 Å². The van der Waals surface area contributed by atoms with Gasteiger partial charge in [-0.1, -0.05) is 0 Å². The van der Waals surface area contributed by atoms with Crippen molar-refractivity contribution in [3.8, 4) is 0 Å². The molecule has 0 unspecified atom stereocenters. The van der Waals surface area contributed by atoms with Crippen molar-refractivity contribution in [1.82, 2.24) is 4.98 Å². The Labute approximate surface area is 85.2 Å². The van der Waals surface area contributed by atoms with Gasteiger partial charge in [0, 0.05) is 11.9 Å². The van der Waals surface area contributed by atoms with Gasteiger partial charge in [0.05, 0.1) is 5.56 Å². The number of carbonyl (C=O) groups is 1. The monoisotopic (exact) mass is 223 g/mol. The molecule has 0 aliphatic heterocycles. The summed E-state index contributed by atoms with van der Waals surface area (Å²) in [6, 6.07) is 2.39. The largest absolute Gasteiger partial charge is 0.477 e. The highest BCUT2D eigenvalue weighted by molar-refractivity contribution is 5.85. The molecule has 0 atom stereocenters. The maximum Gasteiger partial charge on any atom is 0.379 e. The lowest BCUT2D eigenvalue weighted by atomic mass is 10.1. The molecule has 1 aromatic rings. The number of carboxylic acids is 1. The molecule has 3 nitrogen and oxygen atoms in total. The van der Waals surface area contributed by atoms with Gasteiger partial charge in [0.25, 0.3) is 0 Å². The second-order valence-corrected chi connectivity index (χ2v) is 2.57. The molecule has 78 valence electrons. The van der Waals surface area contributed by atoms with E-state index in [9.17, 15) is 13.6 Å². The second kappa shape index (κ2) is 4.32. The number of alkyl halides is 2. The number of nitrogens with zero attached hydrogens (tertiary/aromatic N) is 1. The highest BCUT2D eigenvalue weighted by Crippen LogP contribution is 2.27. The molecular weight excluding hydrogens is 216 g/mol. The van der Waals surface area contributed by atoms with Crippen molar-refractivity contribution in [1.29, 1.82) is 0 Å². The lowest BCUT2D eigenvalue weighted by Crippen LogP contribution is -2.25. The van der Waals surface area contributed by atoms with E-state index < -0.39 is 17.5 Å². The zero-order valence-electron chi connectivity index (χ0n) is 7.20. The summed E-state index contributed by atoms with van der Waals surface area (Å²) in [5.74, 6) is -6.03. The van der Waals surface area contributed by atoms with Gasteiger partial charge in [0.2, 0.25) is 0 Å². The van der Waals surface area contributed by atoms with Crippen LogP contribution in [0.5, 0.6) is 0 Å². The summed E-state index contributed by atoms with van der Waals surface area (Å²) >= 11 is 0. The number of aryl methyl sites for hydroxylation is 1. The third-order valence-electron chi connectivity index (χ3n) is 1.54. The molecule has 6 heteroatoms. The van der Waals surface area contributed by atoms with Gasteiger partial charge in [-0.2, -0.15) is 8.78 Å². The Morgan fingerprint density at radius 3 is 2.43 bits per heavy atom. The molecule has 14 heavy (non-hydrogen) atoms. The Kier molecular flexibility index (Phi) is 3.94. The zero-order chi connectivity index (χ0) is 10.1. The van der Waals surface area contributed by atoms with Crippen LogP contribution in [0.2, 0.25) is 0 Å². The summed E-state index contributed by atoms with van der Waals surface area (Å²) in [6.07, 6.45) is 0.865. The molecule has 1 aromatic heterocycles. The minimum absolute atomic E-state index is 0. The number of halogens is 3. The quantitative estimate of drug-likeness (QED) is 0.834. The Balaban J connectivity index is 0.00000169. The third kappa shape index (κ3) is 2.38. The standard InChI is InChI=1S/C8H7F2NO2.ClH/c1-5-2-3-6(4-11-5)8(9,10)7(12)13;/h2-4H,1H3,(H,12,13);1H. The van der Waals surface area contributed by atoms with Crippen molar-refractivity contribution in [2.24, 2.45) is 0 Å².